The van der Waals surface area contributed by atoms with E-state index in [9.17, 15) is 19.1 Å². The number of nitrogens with zero attached hydrogens (tertiary/aromatic N) is 2. The summed E-state index contributed by atoms with van der Waals surface area (Å²) in [4.78, 5) is 31.0. The molecule has 1 aliphatic carbocycles. The number of hydrogen-bond donors (Lipinski definition) is 1. The molecule has 1 N–H and O–H groups in total. The number of pyridine rings is 1. The Morgan fingerprint density at radius 2 is 2.00 bits per heavy atom. The molecule has 2 heterocycles. The standard InChI is InChI=1S/C24H25FN2O3S2/c1-15-5-4-11-26-24(15)32-31-20-10-12-27(14-17(20)13-21(28)29)22(23(30)16-8-9-16)18-6-2-3-7-19(18)25/h2-7,11,13,16,20,22H,8-10,12,14H2,1H3,(H,28,29)/b17-13-. The van der Waals surface area contributed by atoms with E-state index in [-0.39, 0.29) is 17.0 Å². The maximum absolute atomic E-state index is 14.7. The fourth-order valence-corrected chi connectivity index (χ4v) is 6.77. The lowest BCUT2D eigenvalue weighted by Gasteiger charge is -2.38. The molecule has 0 amide bonds. The zero-order valence-corrected chi connectivity index (χ0v) is 19.4. The van der Waals surface area contributed by atoms with Crippen LogP contribution in [-0.2, 0) is 9.59 Å². The van der Waals surface area contributed by atoms with Crippen LogP contribution in [-0.4, -0.2) is 45.1 Å². The number of ketones is 1. The van der Waals surface area contributed by atoms with Crippen LogP contribution in [0.3, 0.4) is 0 Å². The van der Waals surface area contributed by atoms with Crippen molar-refractivity contribution in [3.63, 3.8) is 0 Å². The number of aliphatic carboxylic acids is 1. The number of benzene rings is 1. The number of carboxylic acids is 1. The van der Waals surface area contributed by atoms with Crippen molar-refractivity contribution in [3.05, 3.63) is 71.2 Å². The lowest BCUT2D eigenvalue weighted by atomic mass is 9.93. The van der Waals surface area contributed by atoms with Gasteiger partial charge >= 0.3 is 5.97 Å². The SMILES string of the molecule is Cc1cccnc1SSC1CCN(C(C(=O)C2CC2)c2ccccc2F)C/C1=C/C(=O)O. The van der Waals surface area contributed by atoms with E-state index >= 15 is 0 Å². The lowest BCUT2D eigenvalue weighted by Crippen LogP contribution is -2.43. The first-order valence-electron chi connectivity index (χ1n) is 10.6. The molecule has 1 aliphatic heterocycles. The van der Waals surface area contributed by atoms with E-state index in [4.69, 9.17) is 0 Å². The summed E-state index contributed by atoms with van der Waals surface area (Å²) < 4.78 is 14.7. The van der Waals surface area contributed by atoms with Crippen LogP contribution in [0, 0.1) is 18.7 Å². The minimum atomic E-state index is -1.01. The molecule has 5 nitrogen and oxygen atoms in total. The van der Waals surface area contributed by atoms with Crippen LogP contribution in [0.25, 0.3) is 0 Å². The van der Waals surface area contributed by atoms with Gasteiger partial charge in [0.15, 0.2) is 5.78 Å². The van der Waals surface area contributed by atoms with Gasteiger partial charge in [0.25, 0.3) is 0 Å². The molecule has 2 aliphatic rings. The van der Waals surface area contributed by atoms with Crippen molar-refractivity contribution in [2.45, 2.75) is 42.5 Å². The van der Waals surface area contributed by atoms with Gasteiger partial charge in [-0.25, -0.2) is 14.2 Å². The number of carbonyl (C=O) groups is 2. The number of carbonyl (C=O) groups excluding carboxylic acids is 1. The molecule has 8 heteroatoms. The van der Waals surface area contributed by atoms with Gasteiger partial charge in [0, 0.05) is 42.1 Å². The van der Waals surface area contributed by atoms with Gasteiger partial charge in [-0.2, -0.15) is 0 Å². The summed E-state index contributed by atoms with van der Waals surface area (Å²) in [6.07, 6.45) is 5.35. The van der Waals surface area contributed by atoms with Crippen molar-refractivity contribution < 1.29 is 19.1 Å². The fourth-order valence-electron chi connectivity index (χ4n) is 3.99. The second kappa shape index (κ2) is 10.2. The van der Waals surface area contributed by atoms with Gasteiger partial charge in [-0.1, -0.05) is 35.1 Å². The zero-order valence-electron chi connectivity index (χ0n) is 17.7. The summed E-state index contributed by atoms with van der Waals surface area (Å²) in [5, 5.41) is 10.3. The Morgan fingerprint density at radius 3 is 2.69 bits per heavy atom. The highest BCUT2D eigenvalue weighted by Gasteiger charge is 2.41. The number of likely N-dealkylation sites (tertiary alicyclic amines) is 1. The van der Waals surface area contributed by atoms with Crippen molar-refractivity contribution in [2.24, 2.45) is 5.92 Å². The topological polar surface area (TPSA) is 70.5 Å². The Kier molecular flexibility index (Phi) is 7.33. The molecule has 0 bridgehead atoms. The van der Waals surface area contributed by atoms with Crippen molar-refractivity contribution in [3.8, 4) is 0 Å². The number of halogens is 1. The molecule has 2 unspecified atom stereocenters. The second-order valence-electron chi connectivity index (χ2n) is 8.21. The van der Waals surface area contributed by atoms with Crippen LogP contribution in [0.5, 0.6) is 0 Å². The molecule has 2 aromatic rings. The lowest BCUT2D eigenvalue weighted by molar-refractivity contribution is -0.131. The largest absolute Gasteiger partial charge is 0.478 e. The van der Waals surface area contributed by atoms with E-state index in [2.05, 4.69) is 4.98 Å². The molecule has 32 heavy (non-hydrogen) atoms. The third-order valence-corrected chi connectivity index (χ3v) is 8.72. The van der Waals surface area contributed by atoms with Crippen LogP contribution in [0.2, 0.25) is 0 Å². The summed E-state index contributed by atoms with van der Waals surface area (Å²) in [7, 11) is 3.13. The van der Waals surface area contributed by atoms with Crippen LogP contribution in [0.15, 0.2) is 59.3 Å². The summed E-state index contributed by atoms with van der Waals surface area (Å²) in [6, 6.07) is 9.61. The van der Waals surface area contributed by atoms with Crippen molar-refractivity contribution in [1.82, 2.24) is 9.88 Å². The molecule has 0 radical (unpaired) electrons. The van der Waals surface area contributed by atoms with Crippen molar-refractivity contribution >= 4 is 33.3 Å². The highest BCUT2D eigenvalue weighted by atomic mass is 33.1. The smallest absolute Gasteiger partial charge is 0.328 e. The molecular weight excluding hydrogens is 447 g/mol. The maximum Gasteiger partial charge on any atom is 0.328 e. The molecule has 1 aromatic heterocycles. The van der Waals surface area contributed by atoms with Gasteiger partial charge in [0.2, 0.25) is 0 Å². The molecule has 1 saturated carbocycles. The van der Waals surface area contributed by atoms with Crippen molar-refractivity contribution in [1.29, 1.82) is 0 Å². The highest BCUT2D eigenvalue weighted by molar-refractivity contribution is 8.77. The summed E-state index contributed by atoms with van der Waals surface area (Å²) in [6.45, 7) is 2.91. The Balaban J connectivity index is 1.55. The molecule has 2 atom stereocenters. The van der Waals surface area contributed by atoms with E-state index in [0.717, 1.165) is 29.0 Å². The van der Waals surface area contributed by atoms with Gasteiger partial charge in [-0.05, 0) is 60.2 Å². The Bertz CT molecular complexity index is 1040. The van der Waals surface area contributed by atoms with Crippen molar-refractivity contribution in [2.75, 3.05) is 13.1 Å². The first-order chi connectivity index (χ1) is 15.4. The number of Topliss-reactive ketones (excluding diaryl/α,β-unsaturated/α-hetero) is 1. The minimum Gasteiger partial charge on any atom is -0.478 e. The number of carboxylic acid groups (broad SMARTS) is 1. The van der Waals surface area contributed by atoms with Gasteiger partial charge in [0.1, 0.15) is 10.8 Å². The predicted molar refractivity (Wildman–Crippen MR) is 125 cm³/mol. The average Bonchev–Trinajstić information content (AvgIpc) is 3.61. The predicted octanol–water partition coefficient (Wildman–Crippen LogP) is 5.08. The second-order valence-corrected chi connectivity index (χ2v) is 10.6. The van der Waals surface area contributed by atoms with E-state index in [1.54, 1.807) is 46.0 Å². The van der Waals surface area contributed by atoms with E-state index in [1.807, 2.05) is 24.0 Å². The highest BCUT2D eigenvalue weighted by Crippen LogP contribution is 2.43. The molecule has 1 saturated heterocycles. The molecule has 168 valence electrons. The number of aromatic nitrogens is 1. The normalized spacial score (nSPS) is 21.4. The fraction of sp³-hybridized carbons (Fsp3) is 0.375. The van der Waals surface area contributed by atoms with Gasteiger partial charge < -0.3 is 5.11 Å². The molecule has 1 aromatic carbocycles. The van der Waals surface area contributed by atoms with Gasteiger partial charge in [-0.3, -0.25) is 9.69 Å². The monoisotopic (exact) mass is 472 g/mol. The first-order valence-corrected chi connectivity index (χ1v) is 12.9. The third kappa shape index (κ3) is 5.42. The quantitative estimate of drug-likeness (QED) is 0.425. The molecular formula is C24H25FN2O3S2. The minimum absolute atomic E-state index is 0.0222. The Labute approximate surface area is 194 Å². The summed E-state index contributed by atoms with van der Waals surface area (Å²) >= 11 is 0. The van der Waals surface area contributed by atoms with Crippen LogP contribution in [0.1, 0.15) is 36.4 Å². The number of aryl methyl sites for hydroxylation is 1. The first kappa shape index (κ1) is 23.0. The van der Waals surface area contributed by atoms with Gasteiger partial charge in [-0.15, -0.1) is 0 Å². The average molecular weight is 473 g/mol. The van der Waals surface area contributed by atoms with E-state index in [0.29, 0.717) is 25.1 Å². The summed E-state index contributed by atoms with van der Waals surface area (Å²) in [5.74, 6) is -1.40. The van der Waals surface area contributed by atoms with Crippen LogP contribution >= 0.6 is 21.6 Å². The molecule has 0 spiro atoms. The zero-order chi connectivity index (χ0) is 22.7. The molecule has 4 rings (SSSR count). The van der Waals surface area contributed by atoms with Crippen LogP contribution < -0.4 is 0 Å². The van der Waals surface area contributed by atoms with Gasteiger partial charge in [0.05, 0.1) is 6.04 Å². The Morgan fingerprint density at radius 1 is 1.22 bits per heavy atom. The number of rotatable bonds is 8. The number of hydrogen-bond acceptors (Lipinski definition) is 6. The van der Waals surface area contributed by atoms with E-state index in [1.165, 1.54) is 12.1 Å². The maximum atomic E-state index is 14.7. The van der Waals surface area contributed by atoms with E-state index < -0.39 is 17.8 Å². The third-order valence-electron chi connectivity index (χ3n) is 5.81. The Hall–Kier alpha value is -2.16. The summed E-state index contributed by atoms with van der Waals surface area (Å²) in [5.41, 5.74) is 2.18. The van der Waals surface area contributed by atoms with Crippen LogP contribution in [0.4, 0.5) is 4.39 Å². The number of piperidine rings is 1. The molecule has 2 fully saturated rings.